The number of allylic oxidation sites excluding steroid dienone is 1. The lowest BCUT2D eigenvalue weighted by molar-refractivity contribution is -0.122. The Morgan fingerprint density at radius 1 is 0.926 bits per heavy atom. The third-order valence-corrected chi connectivity index (χ3v) is 16.9. The molecule has 0 radical (unpaired) electrons. The van der Waals surface area contributed by atoms with Crippen LogP contribution in [0.25, 0.3) is 6.08 Å². The maximum atomic E-state index is 14.4. The molecule has 0 aromatic heterocycles. The minimum atomic E-state index is -2.97. The number of para-hydroxylation sites is 1. The highest BCUT2D eigenvalue weighted by molar-refractivity contribution is 9.10. The minimum Gasteiger partial charge on any atom is -0.507 e. The predicted molar refractivity (Wildman–Crippen MR) is 221 cm³/mol. The molecule has 0 unspecified atom stereocenters. The Kier molecular flexibility index (Phi) is 11.0. The van der Waals surface area contributed by atoms with Crippen LogP contribution in [0, 0.1) is 17.8 Å². The summed E-state index contributed by atoms with van der Waals surface area (Å²) in [6.07, 6.45) is 3.23. The molecule has 0 saturated carbocycles. The number of rotatable bonds is 10. The summed E-state index contributed by atoms with van der Waals surface area (Å²) in [6, 6.07) is 35.5. The van der Waals surface area contributed by atoms with E-state index >= 15 is 0 Å². The molecular weight excluding hydrogens is 757 g/mol. The number of carbonyl (C=O) groups is 2. The van der Waals surface area contributed by atoms with Crippen molar-refractivity contribution in [2.45, 2.75) is 64.4 Å². The monoisotopic (exact) mass is 803 g/mol. The lowest BCUT2D eigenvalue weighted by atomic mass is 9.58. The van der Waals surface area contributed by atoms with Crippen LogP contribution in [0.1, 0.15) is 52.5 Å². The molecule has 2 saturated heterocycles. The van der Waals surface area contributed by atoms with Crippen LogP contribution in [0.5, 0.6) is 5.75 Å². The summed E-state index contributed by atoms with van der Waals surface area (Å²) in [5, 5.41) is 23.8. The number of benzene rings is 4. The SMILES string of the molecule is C/C(=C\c1cc(Br)ccc1O)CC[C@H]1OB(O)C[C@H]2C1=C(CO[Si](c1ccccc1)(c1ccccc1)C(C)(C)C)C[C@H]1C(=O)N(c3ccccc3)C(=O)[C@H]12. The van der Waals surface area contributed by atoms with Gasteiger partial charge < -0.3 is 19.2 Å². The van der Waals surface area contributed by atoms with E-state index in [0.29, 0.717) is 30.5 Å². The number of anilines is 1. The number of phenols is 1. The number of nitrogens with zero attached hydrogens (tertiary/aromatic N) is 1. The van der Waals surface area contributed by atoms with Gasteiger partial charge in [-0.25, -0.2) is 0 Å². The van der Waals surface area contributed by atoms with Gasteiger partial charge >= 0.3 is 7.12 Å². The number of phenolic OH excluding ortho intramolecular Hbond substituents is 1. The molecule has 7 rings (SSSR count). The topological polar surface area (TPSA) is 96.3 Å². The van der Waals surface area contributed by atoms with Gasteiger partial charge in [-0.2, -0.15) is 0 Å². The molecule has 4 aromatic rings. The lowest BCUT2D eigenvalue weighted by Gasteiger charge is -2.46. The molecule has 0 spiro atoms. The van der Waals surface area contributed by atoms with E-state index in [-0.39, 0.29) is 41.4 Å². The van der Waals surface area contributed by atoms with Crippen LogP contribution >= 0.6 is 15.9 Å². The van der Waals surface area contributed by atoms with Gasteiger partial charge in [0.25, 0.3) is 8.32 Å². The predicted octanol–water partition coefficient (Wildman–Crippen LogP) is 7.92. The number of aromatic hydroxyl groups is 1. The first kappa shape index (κ1) is 38.2. The Morgan fingerprint density at radius 3 is 2.15 bits per heavy atom. The van der Waals surface area contributed by atoms with Crippen molar-refractivity contribution >= 4 is 65.3 Å². The van der Waals surface area contributed by atoms with E-state index in [1.165, 1.54) is 4.90 Å². The molecule has 2 N–H and O–H groups in total. The van der Waals surface area contributed by atoms with Gasteiger partial charge in [0.05, 0.1) is 30.2 Å². The normalized spacial score (nSPS) is 22.1. The van der Waals surface area contributed by atoms with E-state index < -0.39 is 33.4 Å². The fraction of sp³-hybridized carbons (Fsp3) is 0.318. The molecule has 7 nitrogen and oxygen atoms in total. The summed E-state index contributed by atoms with van der Waals surface area (Å²) < 4.78 is 14.7. The first-order chi connectivity index (χ1) is 25.9. The van der Waals surface area contributed by atoms with Crippen LogP contribution < -0.4 is 15.3 Å². The second kappa shape index (κ2) is 15.6. The van der Waals surface area contributed by atoms with Crippen molar-refractivity contribution in [3.05, 3.63) is 136 Å². The molecule has 4 atom stereocenters. The zero-order valence-corrected chi connectivity index (χ0v) is 33.8. The van der Waals surface area contributed by atoms with Gasteiger partial charge in [-0.05, 0) is 95.3 Å². The van der Waals surface area contributed by atoms with E-state index in [1.807, 2.05) is 49.4 Å². The van der Waals surface area contributed by atoms with Crippen LogP contribution in [0.3, 0.4) is 0 Å². The van der Waals surface area contributed by atoms with Gasteiger partial charge in [0.1, 0.15) is 5.75 Å². The molecule has 2 aliphatic heterocycles. The molecule has 2 fully saturated rings. The quantitative estimate of drug-likeness (QED) is 0.0962. The average Bonchev–Trinajstić information content (AvgIpc) is 3.41. The standard InChI is InChI=1S/C44H47BBrNO6Si/c1-29(24-30-25-32(46)21-22-38(30)48)20-23-39-40-31(28-52-54(44(2,3)4,34-16-10-6-11-17-34)35-18-12-7-13-19-35)26-36-41(37(40)27-45(51)53-39)43(50)47(42(36)49)33-14-8-5-9-15-33/h5-19,21-22,24-25,36-37,39,41,48,51H,20,23,26-28H2,1-4H3/b29-24+/t36-,37+,39-,41-/m1/s1. The summed E-state index contributed by atoms with van der Waals surface area (Å²) in [5.41, 5.74) is 4.27. The van der Waals surface area contributed by atoms with Crippen LogP contribution in [-0.2, 0) is 18.7 Å². The zero-order chi connectivity index (χ0) is 38.2. The second-order valence-electron chi connectivity index (χ2n) is 15.8. The number of imide groups is 1. The van der Waals surface area contributed by atoms with Gasteiger partial charge in [0, 0.05) is 10.0 Å². The molecule has 3 aliphatic rings. The fourth-order valence-corrected chi connectivity index (χ4v) is 13.9. The van der Waals surface area contributed by atoms with E-state index in [9.17, 15) is 19.7 Å². The highest BCUT2D eigenvalue weighted by atomic mass is 79.9. The second-order valence-corrected chi connectivity index (χ2v) is 21.1. The molecular formula is C44H47BBrNO6Si. The van der Waals surface area contributed by atoms with Gasteiger partial charge in [-0.15, -0.1) is 0 Å². The molecule has 2 heterocycles. The van der Waals surface area contributed by atoms with Crippen molar-refractivity contribution in [3.63, 3.8) is 0 Å². The minimum absolute atomic E-state index is 0.193. The summed E-state index contributed by atoms with van der Waals surface area (Å²) in [6.45, 7) is 9.02. The third kappa shape index (κ3) is 7.22. The van der Waals surface area contributed by atoms with Gasteiger partial charge in [-0.3, -0.25) is 14.5 Å². The molecule has 54 heavy (non-hydrogen) atoms. The molecule has 278 valence electrons. The third-order valence-electron chi connectivity index (χ3n) is 11.4. The first-order valence-electron chi connectivity index (χ1n) is 18.8. The van der Waals surface area contributed by atoms with Crippen molar-refractivity contribution in [1.82, 2.24) is 0 Å². The van der Waals surface area contributed by atoms with Crippen LogP contribution in [0.15, 0.2) is 130 Å². The Balaban J connectivity index is 1.30. The highest BCUT2D eigenvalue weighted by Crippen LogP contribution is 2.52. The number of amides is 2. The smallest absolute Gasteiger partial charge is 0.455 e. The van der Waals surface area contributed by atoms with Gasteiger partial charge in [0.2, 0.25) is 11.8 Å². The molecule has 1 aliphatic carbocycles. The molecule has 0 bridgehead atoms. The van der Waals surface area contributed by atoms with Crippen molar-refractivity contribution in [2.75, 3.05) is 11.5 Å². The highest BCUT2D eigenvalue weighted by Gasteiger charge is 2.58. The van der Waals surface area contributed by atoms with Gasteiger partial charge in [0.15, 0.2) is 0 Å². The average molecular weight is 805 g/mol. The zero-order valence-electron chi connectivity index (χ0n) is 31.2. The maximum Gasteiger partial charge on any atom is 0.455 e. The molecule has 2 amide bonds. The van der Waals surface area contributed by atoms with Crippen LogP contribution in [-0.4, -0.2) is 50.1 Å². The number of halogens is 1. The van der Waals surface area contributed by atoms with E-state index in [0.717, 1.165) is 31.6 Å². The van der Waals surface area contributed by atoms with E-state index in [4.69, 9.17) is 9.08 Å². The fourth-order valence-electron chi connectivity index (χ4n) is 9.02. The maximum absolute atomic E-state index is 14.4. The summed E-state index contributed by atoms with van der Waals surface area (Å²) >= 11 is 3.50. The summed E-state index contributed by atoms with van der Waals surface area (Å²) in [4.78, 5) is 30.0. The van der Waals surface area contributed by atoms with Crippen molar-refractivity contribution in [2.24, 2.45) is 17.8 Å². The van der Waals surface area contributed by atoms with E-state index in [1.54, 1.807) is 24.3 Å². The Hall–Kier alpha value is -4.06. The summed E-state index contributed by atoms with van der Waals surface area (Å²) in [7, 11) is -4.06. The first-order valence-corrected chi connectivity index (χ1v) is 21.5. The number of hydrogen-bond donors (Lipinski definition) is 2. The Morgan fingerprint density at radius 2 is 1.54 bits per heavy atom. The number of hydrogen-bond acceptors (Lipinski definition) is 6. The van der Waals surface area contributed by atoms with Crippen molar-refractivity contribution < 1.29 is 28.8 Å². The lowest BCUT2D eigenvalue weighted by Crippen LogP contribution is -2.66. The van der Waals surface area contributed by atoms with Crippen LogP contribution in [0.2, 0.25) is 11.4 Å². The number of fused-ring (bicyclic) bond motifs is 3. The molecule has 4 aromatic carbocycles. The Bertz CT molecular complexity index is 2030. The largest absolute Gasteiger partial charge is 0.507 e. The molecule has 10 heteroatoms. The van der Waals surface area contributed by atoms with Crippen molar-refractivity contribution in [1.29, 1.82) is 0 Å². The number of carbonyl (C=O) groups excluding carboxylic acids is 2. The van der Waals surface area contributed by atoms with Gasteiger partial charge in [-0.1, -0.05) is 127 Å². The van der Waals surface area contributed by atoms with Crippen LogP contribution in [0.4, 0.5) is 5.69 Å². The van der Waals surface area contributed by atoms with Crippen molar-refractivity contribution in [3.8, 4) is 5.75 Å². The van der Waals surface area contributed by atoms with E-state index in [2.05, 4.69) is 85.2 Å². The summed E-state index contributed by atoms with van der Waals surface area (Å²) in [5.74, 6) is -1.81. The Labute approximate surface area is 328 Å².